The first-order valence-corrected chi connectivity index (χ1v) is 10.1. The normalized spacial score (nSPS) is 10.8. The van der Waals surface area contributed by atoms with Crippen LogP contribution >= 0.6 is 24.0 Å². The van der Waals surface area contributed by atoms with Gasteiger partial charge in [0.1, 0.15) is 11.5 Å². The summed E-state index contributed by atoms with van der Waals surface area (Å²) >= 11 is 0. The van der Waals surface area contributed by atoms with Gasteiger partial charge in [-0.25, -0.2) is 0 Å². The van der Waals surface area contributed by atoms with Crippen LogP contribution < -0.4 is 20.7 Å². The minimum absolute atomic E-state index is 0. The van der Waals surface area contributed by atoms with Crippen LogP contribution in [-0.2, 0) is 19.6 Å². The zero-order valence-electron chi connectivity index (χ0n) is 18.5. The SMILES string of the molecule is CN=C(NCc1cccc(C(=O)NCc2ccco2)c1)NCc1ccc(C)cc1OC.I. The first kappa shape index (κ1) is 25.3. The molecule has 1 amide bonds. The molecule has 3 aromatic rings. The topological polar surface area (TPSA) is 87.9 Å². The van der Waals surface area contributed by atoms with Gasteiger partial charge in [0, 0.05) is 31.3 Å². The molecule has 3 N–H and O–H groups in total. The summed E-state index contributed by atoms with van der Waals surface area (Å²) in [6.45, 7) is 3.50. The molecule has 3 rings (SSSR count). The molecule has 0 spiro atoms. The number of hydrogen-bond donors (Lipinski definition) is 3. The van der Waals surface area contributed by atoms with Crippen molar-refractivity contribution < 1.29 is 13.9 Å². The number of carbonyl (C=O) groups excluding carboxylic acids is 1. The fraction of sp³-hybridized carbons (Fsp3) is 0.250. The Morgan fingerprint density at radius 1 is 1.00 bits per heavy atom. The van der Waals surface area contributed by atoms with Gasteiger partial charge in [-0.05, 0) is 48.4 Å². The Kier molecular flexibility index (Phi) is 10.1. The lowest BCUT2D eigenvalue weighted by Gasteiger charge is -2.14. The summed E-state index contributed by atoms with van der Waals surface area (Å²) < 4.78 is 10.7. The smallest absolute Gasteiger partial charge is 0.251 e. The van der Waals surface area contributed by atoms with E-state index >= 15 is 0 Å². The van der Waals surface area contributed by atoms with E-state index < -0.39 is 0 Å². The third-order valence-corrected chi connectivity index (χ3v) is 4.76. The highest BCUT2D eigenvalue weighted by atomic mass is 127. The molecule has 0 aliphatic carbocycles. The first-order valence-electron chi connectivity index (χ1n) is 10.1. The lowest BCUT2D eigenvalue weighted by molar-refractivity contribution is 0.0948. The summed E-state index contributed by atoms with van der Waals surface area (Å²) in [5.41, 5.74) is 3.77. The summed E-state index contributed by atoms with van der Waals surface area (Å²) in [5.74, 6) is 2.07. The number of hydrogen-bond acceptors (Lipinski definition) is 4. The van der Waals surface area contributed by atoms with E-state index in [1.54, 1.807) is 32.6 Å². The summed E-state index contributed by atoms with van der Waals surface area (Å²) in [6.07, 6.45) is 1.59. The molecule has 0 saturated carbocycles. The Balaban J connectivity index is 0.00000363. The number of nitrogens with zero attached hydrogens (tertiary/aromatic N) is 1. The number of halogens is 1. The van der Waals surface area contributed by atoms with Crippen LogP contribution in [-0.4, -0.2) is 26.0 Å². The zero-order valence-corrected chi connectivity index (χ0v) is 20.8. The number of furan rings is 1. The molecule has 0 aliphatic heterocycles. The number of benzene rings is 2. The molecular formula is C24H29IN4O3. The average Bonchev–Trinajstić information content (AvgIpc) is 3.32. The Morgan fingerprint density at radius 2 is 1.81 bits per heavy atom. The number of ether oxygens (including phenoxy) is 1. The van der Waals surface area contributed by atoms with E-state index in [2.05, 4.69) is 27.0 Å². The molecule has 8 heteroatoms. The number of amides is 1. The maximum Gasteiger partial charge on any atom is 0.251 e. The number of methoxy groups -OCH3 is 1. The summed E-state index contributed by atoms with van der Waals surface area (Å²) in [4.78, 5) is 16.7. The van der Waals surface area contributed by atoms with Crippen molar-refractivity contribution in [3.8, 4) is 5.75 Å². The van der Waals surface area contributed by atoms with Gasteiger partial charge in [0.2, 0.25) is 0 Å². The quantitative estimate of drug-likeness (QED) is 0.225. The second-order valence-electron chi connectivity index (χ2n) is 7.06. The Bertz CT molecular complexity index is 1040. The van der Waals surface area contributed by atoms with Crippen molar-refractivity contribution in [2.45, 2.75) is 26.6 Å². The molecule has 0 unspecified atom stereocenters. The number of aliphatic imine (C=N–C) groups is 1. The van der Waals surface area contributed by atoms with Crippen LogP contribution in [0.15, 0.2) is 70.3 Å². The minimum Gasteiger partial charge on any atom is -0.496 e. The standard InChI is InChI=1S/C24H28N4O3.HI/c1-17-9-10-20(22(12-17)30-3)15-28-24(25-2)27-14-18-6-4-7-19(13-18)23(29)26-16-21-8-5-11-31-21;/h4-13H,14-16H2,1-3H3,(H,26,29)(H2,25,27,28);1H. The molecule has 0 bridgehead atoms. The number of aryl methyl sites for hydroxylation is 1. The summed E-state index contributed by atoms with van der Waals surface area (Å²) in [5, 5.41) is 9.43. The van der Waals surface area contributed by atoms with Crippen LogP contribution in [0.5, 0.6) is 5.75 Å². The van der Waals surface area contributed by atoms with Crippen LogP contribution in [0, 0.1) is 6.92 Å². The largest absolute Gasteiger partial charge is 0.496 e. The molecule has 0 aliphatic rings. The predicted octanol–water partition coefficient (Wildman–Crippen LogP) is 4.01. The van der Waals surface area contributed by atoms with Gasteiger partial charge in [-0.15, -0.1) is 24.0 Å². The lowest BCUT2D eigenvalue weighted by atomic mass is 10.1. The van der Waals surface area contributed by atoms with Gasteiger partial charge in [-0.3, -0.25) is 9.79 Å². The molecule has 1 aromatic heterocycles. The molecule has 7 nitrogen and oxygen atoms in total. The van der Waals surface area contributed by atoms with Gasteiger partial charge in [-0.1, -0.05) is 24.3 Å². The van der Waals surface area contributed by atoms with Crippen LogP contribution in [0.25, 0.3) is 0 Å². The van der Waals surface area contributed by atoms with E-state index in [9.17, 15) is 4.79 Å². The monoisotopic (exact) mass is 548 g/mol. The van der Waals surface area contributed by atoms with Crippen LogP contribution in [0.2, 0.25) is 0 Å². The first-order chi connectivity index (χ1) is 15.1. The van der Waals surface area contributed by atoms with Gasteiger partial charge >= 0.3 is 0 Å². The zero-order chi connectivity index (χ0) is 22.1. The van der Waals surface area contributed by atoms with Crippen LogP contribution in [0.1, 0.15) is 32.8 Å². The van der Waals surface area contributed by atoms with Gasteiger partial charge in [0.05, 0.1) is 19.9 Å². The highest BCUT2D eigenvalue weighted by Crippen LogP contribution is 2.19. The van der Waals surface area contributed by atoms with Crippen molar-refractivity contribution in [2.24, 2.45) is 4.99 Å². The van der Waals surface area contributed by atoms with E-state index in [-0.39, 0.29) is 29.9 Å². The van der Waals surface area contributed by atoms with Crippen LogP contribution in [0.4, 0.5) is 0 Å². The van der Waals surface area contributed by atoms with Crippen molar-refractivity contribution in [3.63, 3.8) is 0 Å². The summed E-state index contributed by atoms with van der Waals surface area (Å²) in [7, 11) is 3.39. The fourth-order valence-electron chi connectivity index (χ4n) is 3.09. The second kappa shape index (κ2) is 12.7. The molecule has 32 heavy (non-hydrogen) atoms. The average molecular weight is 548 g/mol. The molecule has 0 atom stereocenters. The van der Waals surface area contributed by atoms with Gasteiger partial charge in [-0.2, -0.15) is 0 Å². The third kappa shape index (κ3) is 7.30. The Labute approximate surface area is 205 Å². The van der Waals surface area contributed by atoms with Gasteiger partial charge in [0.25, 0.3) is 5.91 Å². The maximum atomic E-state index is 12.4. The minimum atomic E-state index is -0.146. The number of guanidine groups is 1. The van der Waals surface area contributed by atoms with Crippen molar-refractivity contribution >= 4 is 35.8 Å². The van der Waals surface area contributed by atoms with E-state index in [1.807, 2.05) is 43.3 Å². The molecule has 2 aromatic carbocycles. The summed E-state index contributed by atoms with van der Waals surface area (Å²) in [6, 6.07) is 17.2. The van der Waals surface area contributed by atoms with E-state index in [0.29, 0.717) is 36.9 Å². The third-order valence-electron chi connectivity index (χ3n) is 4.76. The fourth-order valence-corrected chi connectivity index (χ4v) is 3.09. The van der Waals surface area contributed by atoms with E-state index in [4.69, 9.17) is 9.15 Å². The van der Waals surface area contributed by atoms with Crippen molar-refractivity contribution in [3.05, 3.63) is 88.9 Å². The van der Waals surface area contributed by atoms with Crippen molar-refractivity contribution in [1.29, 1.82) is 0 Å². The Hall–Kier alpha value is -3.01. The Morgan fingerprint density at radius 3 is 2.53 bits per heavy atom. The predicted molar refractivity (Wildman–Crippen MR) is 137 cm³/mol. The molecule has 1 heterocycles. The maximum absolute atomic E-state index is 12.4. The van der Waals surface area contributed by atoms with E-state index in [0.717, 1.165) is 22.4 Å². The van der Waals surface area contributed by atoms with E-state index in [1.165, 1.54) is 0 Å². The number of rotatable bonds is 8. The number of nitrogens with one attached hydrogen (secondary N) is 3. The van der Waals surface area contributed by atoms with Crippen molar-refractivity contribution in [2.75, 3.05) is 14.2 Å². The second-order valence-corrected chi connectivity index (χ2v) is 7.06. The molecule has 0 radical (unpaired) electrons. The van der Waals surface area contributed by atoms with Crippen LogP contribution in [0.3, 0.4) is 0 Å². The van der Waals surface area contributed by atoms with Gasteiger partial charge in [0.15, 0.2) is 5.96 Å². The lowest BCUT2D eigenvalue weighted by Crippen LogP contribution is -2.36. The molecule has 170 valence electrons. The van der Waals surface area contributed by atoms with Crippen molar-refractivity contribution in [1.82, 2.24) is 16.0 Å². The highest BCUT2D eigenvalue weighted by Gasteiger charge is 2.08. The molecular weight excluding hydrogens is 519 g/mol. The molecule has 0 saturated heterocycles. The number of carbonyl (C=O) groups is 1. The molecule has 0 fully saturated rings. The highest BCUT2D eigenvalue weighted by molar-refractivity contribution is 14.0. The van der Waals surface area contributed by atoms with Gasteiger partial charge < -0.3 is 25.1 Å².